The molecule has 168 valence electrons. The van der Waals surface area contributed by atoms with Crippen molar-refractivity contribution < 1.29 is 27.5 Å². The monoisotopic (exact) mass is 429 g/mol. The second kappa shape index (κ2) is 10.1. The third-order valence-electron chi connectivity index (χ3n) is 4.98. The molecule has 30 heavy (non-hydrogen) atoms. The van der Waals surface area contributed by atoms with E-state index in [0.717, 1.165) is 44.1 Å². The van der Waals surface area contributed by atoms with Gasteiger partial charge in [0.05, 0.1) is 6.04 Å². The third-order valence-corrected chi connectivity index (χ3v) is 4.98. The van der Waals surface area contributed by atoms with E-state index in [9.17, 15) is 22.8 Å². The summed E-state index contributed by atoms with van der Waals surface area (Å²) in [5.41, 5.74) is -0.360. The van der Waals surface area contributed by atoms with Gasteiger partial charge in [0.15, 0.2) is 0 Å². The Balaban J connectivity index is 1.83. The van der Waals surface area contributed by atoms with Crippen molar-refractivity contribution >= 4 is 11.8 Å². The average molecular weight is 429 g/mol. The molecule has 1 fully saturated rings. The molecule has 0 saturated carbocycles. The first-order chi connectivity index (χ1) is 13.9. The number of benzene rings is 1. The highest BCUT2D eigenvalue weighted by molar-refractivity contribution is 5.94. The van der Waals surface area contributed by atoms with Crippen molar-refractivity contribution in [3.05, 3.63) is 29.6 Å². The number of nitrogens with one attached hydrogen (secondary N) is 2. The summed E-state index contributed by atoms with van der Waals surface area (Å²) in [5.74, 6) is -1.57. The fourth-order valence-electron chi connectivity index (χ4n) is 3.39. The van der Waals surface area contributed by atoms with Crippen LogP contribution < -0.4 is 15.4 Å². The van der Waals surface area contributed by atoms with Gasteiger partial charge in [0.1, 0.15) is 11.6 Å². The summed E-state index contributed by atoms with van der Waals surface area (Å²) < 4.78 is 42.4. The van der Waals surface area contributed by atoms with Gasteiger partial charge in [-0.2, -0.15) is 8.78 Å². The number of alkyl halides is 2. The minimum atomic E-state index is -3.10. The normalized spacial score (nSPS) is 16.9. The fourth-order valence-corrected chi connectivity index (χ4v) is 3.39. The van der Waals surface area contributed by atoms with E-state index in [1.165, 1.54) is 0 Å². The second-order valence-electron chi connectivity index (χ2n) is 8.66. The first-order valence-electron chi connectivity index (χ1n) is 10.0. The highest BCUT2D eigenvalue weighted by Crippen LogP contribution is 2.21. The molecule has 0 radical (unpaired) electrons. The summed E-state index contributed by atoms with van der Waals surface area (Å²) >= 11 is 0. The van der Waals surface area contributed by atoms with Crippen molar-refractivity contribution in [2.24, 2.45) is 5.92 Å². The topological polar surface area (TPSA) is 70.7 Å². The van der Waals surface area contributed by atoms with Crippen molar-refractivity contribution in [2.75, 3.05) is 19.6 Å². The Morgan fingerprint density at radius 3 is 2.40 bits per heavy atom. The van der Waals surface area contributed by atoms with Gasteiger partial charge in [-0.1, -0.05) is 0 Å². The summed E-state index contributed by atoms with van der Waals surface area (Å²) in [4.78, 5) is 26.7. The Bertz CT molecular complexity index is 745. The minimum absolute atomic E-state index is 0.0119. The summed E-state index contributed by atoms with van der Waals surface area (Å²) in [7, 11) is 0. The molecule has 2 amide bonds. The lowest BCUT2D eigenvalue weighted by Crippen LogP contribution is -2.53. The van der Waals surface area contributed by atoms with Gasteiger partial charge in [0, 0.05) is 23.7 Å². The number of ether oxygens (including phenoxy) is 1. The van der Waals surface area contributed by atoms with Crippen LogP contribution in [-0.4, -0.2) is 54.5 Å². The fraction of sp³-hybridized carbons (Fsp3) is 0.619. The minimum Gasteiger partial charge on any atom is -0.435 e. The number of nitrogens with zero attached hydrogens (tertiary/aromatic N) is 1. The maximum Gasteiger partial charge on any atom is 0.387 e. The van der Waals surface area contributed by atoms with E-state index >= 15 is 0 Å². The summed E-state index contributed by atoms with van der Waals surface area (Å²) in [5, 5.41) is 5.71. The van der Waals surface area contributed by atoms with Crippen LogP contribution in [0.5, 0.6) is 5.75 Å². The molecule has 0 bridgehead atoms. The van der Waals surface area contributed by atoms with Gasteiger partial charge in [0.2, 0.25) is 5.91 Å². The van der Waals surface area contributed by atoms with Crippen LogP contribution in [0.15, 0.2) is 18.2 Å². The average Bonchev–Trinajstić information content (AvgIpc) is 2.63. The SMILES string of the molecule is C[C@H](C(=O)NC(C)(C)C)N1CCC(CNC(=O)c2cc(F)cc(OC(F)F)c2)CC1. The lowest BCUT2D eigenvalue weighted by atomic mass is 9.95. The van der Waals surface area contributed by atoms with Gasteiger partial charge in [-0.3, -0.25) is 14.5 Å². The Labute approximate surface area is 175 Å². The third kappa shape index (κ3) is 7.51. The molecule has 2 rings (SSSR count). The first kappa shape index (κ1) is 24.0. The maximum absolute atomic E-state index is 13.6. The number of piperidine rings is 1. The lowest BCUT2D eigenvalue weighted by molar-refractivity contribution is -0.127. The smallest absolute Gasteiger partial charge is 0.387 e. The summed E-state index contributed by atoms with van der Waals surface area (Å²) in [6, 6.07) is 2.63. The predicted octanol–water partition coefficient (Wildman–Crippen LogP) is 3.17. The van der Waals surface area contributed by atoms with Gasteiger partial charge in [-0.25, -0.2) is 4.39 Å². The number of carbonyl (C=O) groups is 2. The van der Waals surface area contributed by atoms with Crippen LogP contribution >= 0.6 is 0 Å². The van der Waals surface area contributed by atoms with E-state index in [2.05, 4.69) is 20.3 Å². The molecule has 0 aromatic heterocycles. The van der Waals surface area contributed by atoms with Crippen LogP contribution in [0.25, 0.3) is 0 Å². The van der Waals surface area contributed by atoms with E-state index in [-0.39, 0.29) is 29.0 Å². The van der Waals surface area contributed by atoms with Crippen LogP contribution in [0.1, 0.15) is 50.9 Å². The molecule has 1 aromatic carbocycles. The second-order valence-corrected chi connectivity index (χ2v) is 8.66. The number of amides is 2. The molecule has 9 heteroatoms. The van der Waals surface area contributed by atoms with Crippen LogP contribution in [-0.2, 0) is 4.79 Å². The van der Waals surface area contributed by atoms with Crippen molar-refractivity contribution in [1.29, 1.82) is 0 Å². The molecule has 1 aromatic rings. The van der Waals surface area contributed by atoms with Crippen LogP contribution in [0.2, 0.25) is 0 Å². The number of carbonyl (C=O) groups excluding carboxylic acids is 2. The van der Waals surface area contributed by atoms with E-state index in [4.69, 9.17) is 0 Å². The highest BCUT2D eigenvalue weighted by Gasteiger charge is 2.28. The van der Waals surface area contributed by atoms with E-state index < -0.39 is 24.1 Å². The standard InChI is InChI=1S/C21H30F3N3O3/c1-13(18(28)26-21(2,3)4)27-7-5-14(6-8-27)12-25-19(29)15-9-16(22)11-17(10-15)30-20(23)24/h9-11,13-14,20H,5-8,12H2,1-4H3,(H,25,29)(H,26,28)/t13-/m1/s1. The number of halogens is 3. The Kier molecular flexibility index (Phi) is 8.11. The Morgan fingerprint density at radius 2 is 1.83 bits per heavy atom. The van der Waals surface area contributed by atoms with Crippen molar-refractivity contribution in [1.82, 2.24) is 15.5 Å². The van der Waals surface area contributed by atoms with E-state index in [0.29, 0.717) is 6.54 Å². The molecule has 0 unspecified atom stereocenters. The van der Waals surface area contributed by atoms with Crippen molar-refractivity contribution in [2.45, 2.75) is 58.7 Å². The largest absolute Gasteiger partial charge is 0.435 e. The predicted molar refractivity (Wildman–Crippen MR) is 107 cm³/mol. The molecule has 1 heterocycles. The molecular weight excluding hydrogens is 399 g/mol. The van der Waals surface area contributed by atoms with Gasteiger partial charge >= 0.3 is 6.61 Å². The number of rotatable bonds is 7. The quantitative estimate of drug-likeness (QED) is 0.699. The maximum atomic E-state index is 13.6. The van der Waals surface area contributed by atoms with Crippen LogP contribution in [0.3, 0.4) is 0 Å². The Morgan fingerprint density at radius 1 is 1.20 bits per heavy atom. The highest BCUT2D eigenvalue weighted by atomic mass is 19.3. The molecule has 6 nitrogen and oxygen atoms in total. The first-order valence-corrected chi connectivity index (χ1v) is 10.0. The van der Waals surface area contributed by atoms with Crippen LogP contribution in [0.4, 0.5) is 13.2 Å². The molecule has 1 saturated heterocycles. The molecule has 2 N–H and O–H groups in total. The zero-order chi connectivity index (χ0) is 22.5. The lowest BCUT2D eigenvalue weighted by Gasteiger charge is -2.36. The van der Waals surface area contributed by atoms with Gasteiger partial charge in [-0.05, 0) is 71.7 Å². The van der Waals surface area contributed by atoms with Gasteiger partial charge in [-0.15, -0.1) is 0 Å². The van der Waals surface area contributed by atoms with E-state index in [1.54, 1.807) is 0 Å². The molecule has 1 atom stereocenters. The van der Waals surface area contributed by atoms with Gasteiger partial charge in [0.25, 0.3) is 5.91 Å². The summed E-state index contributed by atoms with van der Waals surface area (Å²) in [6.45, 7) is 6.44. The number of hydrogen-bond acceptors (Lipinski definition) is 4. The van der Waals surface area contributed by atoms with E-state index in [1.807, 2.05) is 27.7 Å². The molecule has 1 aliphatic heterocycles. The number of hydrogen-bond donors (Lipinski definition) is 2. The molecule has 0 spiro atoms. The van der Waals surface area contributed by atoms with Gasteiger partial charge < -0.3 is 15.4 Å². The molecular formula is C21H30F3N3O3. The van der Waals surface area contributed by atoms with Crippen LogP contribution in [0, 0.1) is 11.7 Å². The number of likely N-dealkylation sites (tertiary alicyclic amines) is 1. The zero-order valence-corrected chi connectivity index (χ0v) is 17.8. The van der Waals surface area contributed by atoms with Crippen molar-refractivity contribution in [3.8, 4) is 5.75 Å². The molecule has 1 aliphatic rings. The van der Waals surface area contributed by atoms with Crippen molar-refractivity contribution in [3.63, 3.8) is 0 Å². The summed E-state index contributed by atoms with van der Waals surface area (Å²) in [6.07, 6.45) is 1.60. The Hall–Kier alpha value is -2.29. The molecule has 0 aliphatic carbocycles. The zero-order valence-electron chi connectivity index (χ0n) is 17.8.